The number of benzene rings is 1. The van der Waals surface area contributed by atoms with E-state index in [1.165, 1.54) is 24.8 Å². The molecule has 2 aromatic rings. The second-order valence-electron chi connectivity index (χ2n) is 6.89. The molecule has 1 aliphatic rings. The third-order valence-corrected chi connectivity index (χ3v) is 4.80. The van der Waals surface area contributed by atoms with Crippen LogP contribution in [-0.2, 0) is 13.2 Å². The Morgan fingerprint density at radius 2 is 2.00 bits per heavy atom. The molecule has 152 valence electrons. The molecule has 0 unspecified atom stereocenters. The van der Waals surface area contributed by atoms with Crippen LogP contribution < -0.4 is 15.6 Å². The lowest BCUT2D eigenvalue weighted by Gasteiger charge is -2.30. The van der Waals surface area contributed by atoms with Gasteiger partial charge < -0.3 is 15.0 Å². The molecule has 1 atom stereocenters. The van der Waals surface area contributed by atoms with Gasteiger partial charge in [0.1, 0.15) is 5.75 Å². The van der Waals surface area contributed by atoms with Crippen LogP contribution in [-0.4, -0.2) is 53.0 Å². The smallest absolute Gasteiger partial charge is 0.416 e. The van der Waals surface area contributed by atoms with Crippen LogP contribution in [0.5, 0.6) is 5.75 Å². The van der Waals surface area contributed by atoms with E-state index in [1.807, 2.05) is 7.05 Å². The summed E-state index contributed by atoms with van der Waals surface area (Å²) in [6.45, 7) is 1.80. The molecule has 7 nitrogen and oxygen atoms in total. The molecule has 0 spiro atoms. The number of nitrogens with one attached hydrogen (secondary N) is 1. The molecule has 1 aromatic carbocycles. The van der Waals surface area contributed by atoms with Crippen LogP contribution >= 0.6 is 0 Å². The van der Waals surface area contributed by atoms with Gasteiger partial charge in [-0.3, -0.25) is 9.36 Å². The Morgan fingerprint density at radius 3 is 2.64 bits per heavy atom. The van der Waals surface area contributed by atoms with Gasteiger partial charge in [-0.25, -0.2) is 0 Å². The van der Waals surface area contributed by atoms with Gasteiger partial charge in [0.2, 0.25) is 5.82 Å². The molecule has 0 radical (unpaired) electrons. The number of hydrogen-bond donors (Lipinski definition) is 1. The maximum atomic E-state index is 12.9. The van der Waals surface area contributed by atoms with E-state index in [0.29, 0.717) is 0 Å². The minimum Gasteiger partial charge on any atom is -0.496 e. The van der Waals surface area contributed by atoms with E-state index < -0.39 is 17.3 Å². The third-order valence-electron chi connectivity index (χ3n) is 4.80. The van der Waals surface area contributed by atoms with Crippen LogP contribution in [0.25, 0.3) is 11.4 Å². The number of alkyl halides is 3. The van der Waals surface area contributed by atoms with Crippen molar-refractivity contribution in [3.8, 4) is 17.1 Å². The van der Waals surface area contributed by atoms with Crippen LogP contribution in [0, 0.1) is 0 Å². The van der Waals surface area contributed by atoms with E-state index in [2.05, 4.69) is 20.4 Å². The fourth-order valence-corrected chi connectivity index (χ4v) is 3.32. The van der Waals surface area contributed by atoms with Crippen molar-refractivity contribution < 1.29 is 17.9 Å². The number of piperidine rings is 1. The number of methoxy groups -OCH3 is 1. The number of nitrogens with zero attached hydrogens (tertiary/aromatic N) is 4. The van der Waals surface area contributed by atoms with Crippen LogP contribution in [0.15, 0.2) is 23.0 Å². The summed E-state index contributed by atoms with van der Waals surface area (Å²) in [7, 11) is 4.78. The molecule has 0 bridgehead atoms. The summed E-state index contributed by atoms with van der Waals surface area (Å²) in [5.74, 6) is 0.216. The van der Waals surface area contributed by atoms with Crippen molar-refractivity contribution in [2.24, 2.45) is 7.05 Å². The van der Waals surface area contributed by atoms with Crippen LogP contribution in [0.2, 0.25) is 0 Å². The molecular formula is C18H22F3N5O2. The second kappa shape index (κ2) is 7.78. The van der Waals surface area contributed by atoms with Crippen molar-refractivity contribution in [2.75, 3.05) is 32.6 Å². The maximum Gasteiger partial charge on any atom is 0.416 e. The quantitative estimate of drug-likeness (QED) is 0.854. The molecular weight excluding hydrogens is 375 g/mol. The molecule has 3 rings (SSSR count). The molecule has 1 saturated heterocycles. The van der Waals surface area contributed by atoms with E-state index in [0.717, 1.165) is 38.1 Å². The van der Waals surface area contributed by atoms with Gasteiger partial charge in [0.15, 0.2) is 5.82 Å². The highest BCUT2D eigenvalue weighted by atomic mass is 19.4. The minimum atomic E-state index is -4.50. The summed E-state index contributed by atoms with van der Waals surface area (Å²) in [5.41, 5.74) is -0.988. The minimum absolute atomic E-state index is 0.0336. The summed E-state index contributed by atoms with van der Waals surface area (Å²) < 4.78 is 45.1. The SMILES string of the molecule is COc1cc(C(F)(F)F)ccc1-c1nnc(N[C@@H]2CCCN(C)C2)c(=O)n1C. The van der Waals surface area contributed by atoms with E-state index in [4.69, 9.17) is 4.74 Å². The van der Waals surface area contributed by atoms with Crippen LogP contribution in [0.1, 0.15) is 18.4 Å². The number of ether oxygens (including phenoxy) is 1. The van der Waals surface area contributed by atoms with Crippen molar-refractivity contribution in [3.63, 3.8) is 0 Å². The van der Waals surface area contributed by atoms with Gasteiger partial charge in [-0.05, 0) is 44.6 Å². The Hall–Kier alpha value is -2.62. The highest BCUT2D eigenvalue weighted by Gasteiger charge is 2.32. The first kappa shape index (κ1) is 20.1. The lowest BCUT2D eigenvalue weighted by molar-refractivity contribution is -0.137. The number of likely N-dealkylation sites (N-methyl/N-ethyl adjacent to an activating group) is 1. The Morgan fingerprint density at radius 1 is 1.25 bits per heavy atom. The molecule has 1 aromatic heterocycles. The maximum absolute atomic E-state index is 12.9. The van der Waals surface area contributed by atoms with Crippen molar-refractivity contribution in [1.29, 1.82) is 0 Å². The highest BCUT2D eigenvalue weighted by molar-refractivity contribution is 5.65. The molecule has 1 fully saturated rings. The van der Waals surface area contributed by atoms with E-state index >= 15 is 0 Å². The monoisotopic (exact) mass is 397 g/mol. The van der Waals surface area contributed by atoms with E-state index in [9.17, 15) is 18.0 Å². The largest absolute Gasteiger partial charge is 0.496 e. The fourth-order valence-electron chi connectivity index (χ4n) is 3.32. The lowest BCUT2D eigenvalue weighted by atomic mass is 10.1. The Bertz CT molecular complexity index is 913. The standard InChI is InChI=1S/C18H22F3N5O2/c1-25-8-4-5-12(10-25)22-15-17(27)26(2)16(24-23-15)13-7-6-11(18(19,20)21)9-14(13)28-3/h6-7,9,12H,4-5,8,10H2,1-3H3,(H,22,23)/t12-/m1/s1. The molecule has 2 heterocycles. The summed E-state index contributed by atoms with van der Waals surface area (Å²) in [5, 5.41) is 11.2. The second-order valence-corrected chi connectivity index (χ2v) is 6.89. The Labute approximate surface area is 160 Å². The fraction of sp³-hybridized carbons (Fsp3) is 0.500. The Balaban J connectivity index is 1.94. The highest BCUT2D eigenvalue weighted by Crippen LogP contribution is 2.36. The third kappa shape index (κ3) is 4.11. The van der Waals surface area contributed by atoms with Crippen molar-refractivity contribution in [2.45, 2.75) is 25.1 Å². The molecule has 0 amide bonds. The van der Waals surface area contributed by atoms with Crippen molar-refractivity contribution in [1.82, 2.24) is 19.7 Å². The zero-order valence-corrected chi connectivity index (χ0v) is 15.9. The van der Waals surface area contributed by atoms with E-state index in [1.54, 1.807) is 0 Å². The zero-order valence-electron chi connectivity index (χ0n) is 15.9. The van der Waals surface area contributed by atoms with Crippen molar-refractivity contribution in [3.05, 3.63) is 34.1 Å². The average molecular weight is 397 g/mol. The number of rotatable bonds is 4. The number of aromatic nitrogens is 3. The van der Waals surface area contributed by atoms with Gasteiger partial charge in [-0.1, -0.05) is 0 Å². The summed E-state index contributed by atoms with van der Waals surface area (Å²) in [6, 6.07) is 3.13. The van der Waals surface area contributed by atoms with Gasteiger partial charge in [-0.2, -0.15) is 13.2 Å². The van der Waals surface area contributed by atoms with Gasteiger partial charge >= 0.3 is 6.18 Å². The van der Waals surface area contributed by atoms with Gasteiger partial charge in [-0.15, -0.1) is 10.2 Å². The first-order chi connectivity index (χ1) is 13.2. The number of halogens is 3. The van der Waals surface area contributed by atoms with Crippen LogP contribution in [0.4, 0.5) is 19.0 Å². The molecule has 10 heteroatoms. The summed E-state index contributed by atoms with van der Waals surface area (Å²) >= 11 is 0. The molecule has 1 N–H and O–H groups in total. The van der Waals surface area contributed by atoms with Crippen molar-refractivity contribution >= 4 is 5.82 Å². The summed E-state index contributed by atoms with van der Waals surface area (Å²) in [6.07, 6.45) is -2.56. The molecule has 28 heavy (non-hydrogen) atoms. The first-order valence-electron chi connectivity index (χ1n) is 8.85. The first-order valence-corrected chi connectivity index (χ1v) is 8.85. The normalized spacial score (nSPS) is 18.1. The summed E-state index contributed by atoms with van der Waals surface area (Å²) in [4.78, 5) is 14.9. The number of anilines is 1. The number of hydrogen-bond acceptors (Lipinski definition) is 6. The molecule has 0 aliphatic carbocycles. The molecule has 1 aliphatic heterocycles. The zero-order chi connectivity index (χ0) is 20.5. The molecule has 0 saturated carbocycles. The van der Waals surface area contributed by atoms with E-state index in [-0.39, 0.29) is 29.0 Å². The topological polar surface area (TPSA) is 72.3 Å². The Kier molecular flexibility index (Phi) is 5.59. The van der Waals surface area contributed by atoms with Gasteiger partial charge in [0.25, 0.3) is 5.56 Å². The average Bonchev–Trinajstić information content (AvgIpc) is 2.64. The van der Waals surface area contributed by atoms with Gasteiger partial charge in [0.05, 0.1) is 18.2 Å². The lowest BCUT2D eigenvalue weighted by Crippen LogP contribution is -2.41. The predicted molar refractivity (Wildman–Crippen MR) is 98.4 cm³/mol. The van der Waals surface area contributed by atoms with Crippen LogP contribution in [0.3, 0.4) is 0 Å². The van der Waals surface area contributed by atoms with Gasteiger partial charge in [0, 0.05) is 19.6 Å². The number of likely N-dealkylation sites (tertiary alicyclic amines) is 1. The predicted octanol–water partition coefficient (Wildman–Crippen LogP) is 2.38.